The molecule has 1 atom stereocenters. The molecule has 0 saturated heterocycles. The zero-order valence-corrected chi connectivity index (χ0v) is 16.2. The van der Waals surface area contributed by atoms with Crippen LogP contribution < -0.4 is 15.5 Å². The fraction of sp³-hybridized carbons (Fsp3) is 0.182. The van der Waals surface area contributed by atoms with E-state index in [0.717, 1.165) is 12.1 Å². The quantitative estimate of drug-likeness (QED) is 0.712. The van der Waals surface area contributed by atoms with E-state index in [-0.39, 0.29) is 17.9 Å². The average Bonchev–Trinajstić information content (AvgIpc) is 3.03. The van der Waals surface area contributed by atoms with Gasteiger partial charge in [0, 0.05) is 42.4 Å². The lowest BCUT2D eigenvalue weighted by molar-refractivity contribution is -0.114. The predicted octanol–water partition coefficient (Wildman–Crippen LogP) is 3.77. The monoisotopic (exact) mass is 387 g/mol. The molecule has 2 aromatic carbocycles. The van der Waals surface area contributed by atoms with E-state index in [0.29, 0.717) is 22.9 Å². The van der Waals surface area contributed by atoms with E-state index in [2.05, 4.69) is 44.6 Å². The zero-order valence-electron chi connectivity index (χ0n) is 16.2. The smallest absolute Gasteiger partial charge is 0.258 e. The topological polar surface area (TPSA) is 87.2 Å². The van der Waals surface area contributed by atoms with Gasteiger partial charge in [0.25, 0.3) is 5.91 Å². The number of benzene rings is 2. The number of hydrogen-bond donors (Lipinski definition) is 2. The summed E-state index contributed by atoms with van der Waals surface area (Å²) in [5, 5.41) is 5.49. The van der Waals surface area contributed by atoms with Crippen molar-refractivity contribution in [2.24, 2.45) is 0 Å². The van der Waals surface area contributed by atoms with Crippen LogP contribution in [0.5, 0.6) is 0 Å². The fourth-order valence-electron chi connectivity index (χ4n) is 3.51. The first kappa shape index (κ1) is 18.6. The lowest BCUT2D eigenvalue weighted by Gasteiger charge is -2.22. The largest absolute Gasteiger partial charge is 0.326 e. The van der Waals surface area contributed by atoms with Crippen molar-refractivity contribution in [1.29, 1.82) is 0 Å². The van der Waals surface area contributed by atoms with Gasteiger partial charge in [-0.2, -0.15) is 0 Å². The Morgan fingerprint density at radius 2 is 1.69 bits per heavy atom. The van der Waals surface area contributed by atoms with Crippen molar-refractivity contribution in [3.05, 3.63) is 72.1 Å². The van der Waals surface area contributed by atoms with Gasteiger partial charge >= 0.3 is 0 Å². The number of rotatable bonds is 4. The summed E-state index contributed by atoms with van der Waals surface area (Å²) < 4.78 is 0. The van der Waals surface area contributed by atoms with Crippen LogP contribution in [0.4, 0.5) is 23.0 Å². The Morgan fingerprint density at radius 3 is 2.41 bits per heavy atom. The van der Waals surface area contributed by atoms with E-state index in [9.17, 15) is 9.59 Å². The van der Waals surface area contributed by atoms with E-state index in [1.165, 1.54) is 24.9 Å². The Labute approximate surface area is 168 Å². The molecule has 1 aliphatic heterocycles. The van der Waals surface area contributed by atoms with Crippen LogP contribution in [0.3, 0.4) is 0 Å². The number of hydrogen-bond acceptors (Lipinski definition) is 5. The summed E-state index contributed by atoms with van der Waals surface area (Å²) in [7, 11) is 0. The third kappa shape index (κ3) is 3.94. The average molecular weight is 387 g/mol. The summed E-state index contributed by atoms with van der Waals surface area (Å²) >= 11 is 0. The Bertz CT molecular complexity index is 1060. The van der Waals surface area contributed by atoms with Crippen molar-refractivity contribution in [3.63, 3.8) is 0 Å². The maximum Gasteiger partial charge on any atom is 0.258 e. The van der Waals surface area contributed by atoms with Gasteiger partial charge in [-0.25, -0.2) is 9.97 Å². The van der Waals surface area contributed by atoms with Crippen LogP contribution in [0.1, 0.15) is 29.8 Å². The van der Waals surface area contributed by atoms with Crippen LogP contribution in [0.2, 0.25) is 0 Å². The SMILES string of the molecule is CC(=O)Nc1cccc(NC(=O)c2cnc(N3c4ccccc4CC3C)nc2)c1. The lowest BCUT2D eigenvalue weighted by Crippen LogP contribution is -2.26. The van der Waals surface area contributed by atoms with Crippen LogP contribution in [0.15, 0.2) is 60.9 Å². The van der Waals surface area contributed by atoms with Crippen molar-refractivity contribution < 1.29 is 9.59 Å². The molecular weight excluding hydrogens is 366 g/mol. The Kier molecular flexibility index (Phi) is 4.95. The molecule has 0 spiro atoms. The van der Waals surface area contributed by atoms with Crippen molar-refractivity contribution >= 4 is 34.8 Å². The summed E-state index contributed by atoms with van der Waals surface area (Å²) in [5.74, 6) is 0.0910. The van der Waals surface area contributed by atoms with Gasteiger partial charge in [-0.1, -0.05) is 24.3 Å². The molecule has 0 radical (unpaired) electrons. The van der Waals surface area contributed by atoms with Crippen LogP contribution in [-0.2, 0) is 11.2 Å². The van der Waals surface area contributed by atoms with Crippen molar-refractivity contribution in [2.45, 2.75) is 26.3 Å². The molecular formula is C22H21N5O2. The van der Waals surface area contributed by atoms with Gasteiger partial charge in [0.05, 0.1) is 5.56 Å². The maximum absolute atomic E-state index is 12.6. The number of carbonyl (C=O) groups excluding carboxylic acids is 2. The fourth-order valence-corrected chi connectivity index (χ4v) is 3.51. The summed E-state index contributed by atoms with van der Waals surface area (Å²) in [5.41, 5.74) is 3.92. The highest BCUT2D eigenvalue weighted by atomic mass is 16.2. The van der Waals surface area contributed by atoms with Crippen LogP contribution in [-0.4, -0.2) is 27.8 Å². The van der Waals surface area contributed by atoms with Gasteiger partial charge in [0.2, 0.25) is 11.9 Å². The van der Waals surface area contributed by atoms with E-state index in [1.807, 2.05) is 12.1 Å². The molecule has 146 valence electrons. The molecule has 1 unspecified atom stereocenters. The molecule has 2 heterocycles. The highest BCUT2D eigenvalue weighted by molar-refractivity contribution is 6.04. The van der Waals surface area contributed by atoms with E-state index >= 15 is 0 Å². The number of aromatic nitrogens is 2. The molecule has 1 aliphatic rings. The van der Waals surface area contributed by atoms with Gasteiger partial charge in [-0.3, -0.25) is 9.59 Å². The minimum Gasteiger partial charge on any atom is -0.326 e. The minimum absolute atomic E-state index is 0.171. The number of amides is 2. The van der Waals surface area contributed by atoms with E-state index < -0.39 is 0 Å². The van der Waals surface area contributed by atoms with Crippen molar-refractivity contribution in [3.8, 4) is 0 Å². The predicted molar refractivity (Wildman–Crippen MR) is 112 cm³/mol. The first-order valence-corrected chi connectivity index (χ1v) is 9.39. The molecule has 0 fully saturated rings. The van der Waals surface area contributed by atoms with Gasteiger partial charge in [-0.15, -0.1) is 0 Å². The third-order valence-corrected chi connectivity index (χ3v) is 4.76. The number of para-hydroxylation sites is 1. The number of nitrogens with one attached hydrogen (secondary N) is 2. The normalized spacial score (nSPS) is 15.0. The second kappa shape index (κ2) is 7.71. The number of anilines is 4. The molecule has 29 heavy (non-hydrogen) atoms. The molecule has 4 rings (SSSR count). The van der Waals surface area contributed by atoms with Crippen LogP contribution in [0.25, 0.3) is 0 Å². The number of nitrogens with zero attached hydrogens (tertiary/aromatic N) is 3. The Morgan fingerprint density at radius 1 is 1.00 bits per heavy atom. The maximum atomic E-state index is 12.6. The Hall–Kier alpha value is -3.74. The molecule has 0 saturated carbocycles. The summed E-state index contributed by atoms with van der Waals surface area (Å²) in [6.45, 7) is 3.57. The summed E-state index contributed by atoms with van der Waals surface area (Å²) in [4.78, 5) is 34.7. The van der Waals surface area contributed by atoms with Crippen molar-refractivity contribution in [2.75, 3.05) is 15.5 Å². The molecule has 3 aromatic rings. The third-order valence-electron chi connectivity index (χ3n) is 4.76. The molecule has 0 bridgehead atoms. The minimum atomic E-state index is -0.314. The second-order valence-corrected chi connectivity index (χ2v) is 7.04. The van der Waals surface area contributed by atoms with Gasteiger partial charge < -0.3 is 15.5 Å². The highest BCUT2D eigenvalue weighted by Gasteiger charge is 2.28. The van der Waals surface area contributed by atoms with Crippen molar-refractivity contribution in [1.82, 2.24) is 9.97 Å². The number of carbonyl (C=O) groups is 2. The van der Waals surface area contributed by atoms with E-state index in [1.54, 1.807) is 24.3 Å². The summed E-state index contributed by atoms with van der Waals surface area (Å²) in [6, 6.07) is 15.4. The summed E-state index contributed by atoms with van der Waals surface area (Å²) in [6.07, 6.45) is 4.00. The molecule has 7 heteroatoms. The van der Waals surface area contributed by atoms with Gasteiger partial charge in [-0.05, 0) is 43.2 Å². The lowest BCUT2D eigenvalue weighted by atomic mass is 10.1. The van der Waals surface area contributed by atoms with Gasteiger partial charge in [0.1, 0.15) is 0 Å². The Balaban J connectivity index is 1.50. The highest BCUT2D eigenvalue weighted by Crippen LogP contribution is 2.36. The standard InChI is InChI=1S/C22H21N5O2/c1-14-10-16-6-3-4-9-20(16)27(14)22-23-12-17(13-24-22)21(29)26-19-8-5-7-18(11-19)25-15(2)28/h3-9,11-14H,10H2,1-2H3,(H,25,28)(H,26,29). The van der Waals surface area contributed by atoms with Crippen LogP contribution in [0, 0.1) is 0 Å². The molecule has 2 N–H and O–H groups in total. The number of fused-ring (bicyclic) bond motifs is 1. The molecule has 2 amide bonds. The second-order valence-electron chi connectivity index (χ2n) is 7.04. The van der Waals surface area contributed by atoms with Gasteiger partial charge in [0.15, 0.2) is 0 Å². The van der Waals surface area contributed by atoms with Crippen LogP contribution >= 0.6 is 0 Å². The first-order valence-electron chi connectivity index (χ1n) is 9.39. The molecule has 7 nitrogen and oxygen atoms in total. The first-order chi connectivity index (χ1) is 14.0. The molecule has 1 aromatic heterocycles. The molecule has 0 aliphatic carbocycles. The zero-order chi connectivity index (χ0) is 20.4. The van der Waals surface area contributed by atoms with E-state index in [4.69, 9.17) is 0 Å².